The number of aromatic nitrogens is 1. The Morgan fingerprint density at radius 3 is 2.55 bits per heavy atom. The number of nitriles is 1. The van der Waals surface area contributed by atoms with Gasteiger partial charge in [0.15, 0.2) is 0 Å². The molecule has 3 rings (SSSR count). The first kappa shape index (κ1) is 14.2. The molecule has 0 fully saturated rings. The lowest BCUT2D eigenvalue weighted by Crippen LogP contribution is -2.05. The number of nitrogens with zero attached hydrogens (tertiary/aromatic N) is 2. The van der Waals surface area contributed by atoms with E-state index in [0.717, 1.165) is 4.47 Å². The zero-order valence-electron chi connectivity index (χ0n) is 11.2. The summed E-state index contributed by atoms with van der Waals surface area (Å²) in [5, 5.41) is 19.5. The van der Waals surface area contributed by atoms with Crippen LogP contribution >= 0.6 is 15.9 Å². The van der Waals surface area contributed by atoms with Crippen molar-refractivity contribution in [2.24, 2.45) is 0 Å². The third-order valence-corrected chi connectivity index (χ3v) is 3.81. The molecule has 5 heteroatoms. The van der Waals surface area contributed by atoms with Crippen LogP contribution in [0.5, 0.6) is 0 Å². The minimum absolute atomic E-state index is 0.0207. The van der Waals surface area contributed by atoms with Crippen LogP contribution in [0.25, 0.3) is 22.2 Å². The zero-order chi connectivity index (χ0) is 15.7. The number of rotatable bonds is 2. The minimum atomic E-state index is -1.14. The highest BCUT2D eigenvalue weighted by atomic mass is 79.9. The van der Waals surface area contributed by atoms with Crippen molar-refractivity contribution < 1.29 is 9.90 Å². The molecule has 3 aromatic rings. The van der Waals surface area contributed by atoms with E-state index in [2.05, 4.69) is 20.9 Å². The average molecular weight is 353 g/mol. The Labute approximate surface area is 134 Å². The van der Waals surface area contributed by atoms with Gasteiger partial charge in [-0.05, 0) is 18.2 Å². The Hall–Kier alpha value is -2.71. The summed E-state index contributed by atoms with van der Waals surface area (Å²) < 4.78 is 0.737. The number of benzene rings is 2. The average Bonchev–Trinajstić information content (AvgIpc) is 2.53. The fourth-order valence-electron chi connectivity index (χ4n) is 2.37. The lowest BCUT2D eigenvalue weighted by Gasteiger charge is -2.10. The van der Waals surface area contributed by atoms with Crippen LogP contribution in [0.3, 0.4) is 0 Å². The van der Waals surface area contributed by atoms with Crippen molar-refractivity contribution in [3.8, 4) is 17.3 Å². The molecule has 0 unspecified atom stereocenters. The van der Waals surface area contributed by atoms with Gasteiger partial charge >= 0.3 is 5.97 Å². The third-order valence-electron chi connectivity index (χ3n) is 3.32. The van der Waals surface area contributed by atoms with Gasteiger partial charge in [-0.25, -0.2) is 9.78 Å². The highest BCUT2D eigenvalue weighted by molar-refractivity contribution is 9.10. The molecule has 22 heavy (non-hydrogen) atoms. The standard InChI is InChI=1S/C17H9BrN2O2/c18-11-6-7-14-12(8-11)15(17(21)22)13(9-19)16(20-14)10-4-2-1-3-5-10/h1-8H,(H,21,22). The van der Waals surface area contributed by atoms with Crippen LogP contribution in [-0.2, 0) is 0 Å². The number of carboxylic acids is 1. The van der Waals surface area contributed by atoms with Crippen LogP contribution in [0.15, 0.2) is 53.0 Å². The van der Waals surface area contributed by atoms with E-state index in [4.69, 9.17) is 0 Å². The number of aromatic carboxylic acids is 1. The summed E-state index contributed by atoms with van der Waals surface area (Å²) in [7, 11) is 0. The summed E-state index contributed by atoms with van der Waals surface area (Å²) >= 11 is 3.32. The zero-order valence-corrected chi connectivity index (χ0v) is 12.8. The third kappa shape index (κ3) is 2.34. The van der Waals surface area contributed by atoms with Gasteiger partial charge in [0.2, 0.25) is 0 Å². The molecule has 0 amide bonds. The van der Waals surface area contributed by atoms with Crippen molar-refractivity contribution in [1.82, 2.24) is 4.98 Å². The van der Waals surface area contributed by atoms with E-state index >= 15 is 0 Å². The molecule has 0 radical (unpaired) electrons. The molecule has 0 aliphatic rings. The minimum Gasteiger partial charge on any atom is -0.478 e. The van der Waals surface area contributed by atoms with Crippen molar-refractivity contribution >= 4 is 32.8 Å². The van der Waals surface area contributed by atoms with E-state index in [9.17, 15) is 15.2 Å². The Balaban J connectivity index is 2.47. The summed E-state index contributed by atoms with van der Waals surface area (Å²) in [4.78, 5) is 16.2. The Kier molecular flexibility index (Phi) is 3.61. The molecular weight excluding hydrogens is 344 g/mol. The summed E-state index contributed by atoms with van der Waals surface area (Å²) in [5.41, 5.74) is 1.69. The van der Waals surface area contributed by atoms with Crippen LogP contribution < -0.4 is 0 Å². The van der Waals surface area contributed by atoms with Gasteiger partial charge in [0.1, 0.15) is 6.07 Å². The van der Waals surface area contributed by atoms with Gasteiger partial charge in [0.05, 0.1) is 22.3 Å². The van der Waals surface area contributed by atoms with Gasteiger partial charge in [-0.1, -0.05) is 46.3 Å². The Morgan fingerprint density at radius 2 is 1.91 bits per heavy atom. The maximum absolute atomic E-state index is 11.7. The van der Waals surface area contributed by atoms with Crippen molar-refractivity contribution in [2.45, 2.75) is 0 Å². The summed E-state index contributed by atoms with van der Waals surface area (Å²) in [5.74, 6) is -1.14. The summed E-state index contributed by atoms with van der Waals surface area (Å²) in [6.07, 6.45) is 0. The molecule has 2 aromatic carbocycles. The van der Waals surface area contributed by atoms with Gasteiger partial charge in [-0.15, -0.1) is 0 Å². The van der Waals surface area contributed by atoms with Gasteiger partial charge in [0, 0.05) is 15.4 Å². The molecule has 1 N–H and O–H groups in total. The molecular formula is C17H9BrN2O2. The first-order chi connectivity index (χ1) is 10.6. The summed E-state index contributed by atoms with van der Waals surface area (Å²) in [6, 6.07) is 16.3. The van der Waals surface area contributed by atoms with Gasteiger partial charge in [-0.3, -0.25) is 0 Å². The first-order valence-corrected chi connectivity index (χ1v) is 7.23. The molecule has 0 atom stereocenters. The summed E-state index contributed by atoms with van der Waals surface area (Å²) in [6.45, 7) is 0. The number of carbonyl (C=O) groups is 1. The quantitative estimate of drug-likeness (QED) is 0.748. The number of carboxylic acid groups (broad SMARTS) is 1. The maximum Gasteiger partial charge on any atom is 0.337 e. The topological polar surface area (TPSA) is 74.0 Å². The van der Waals surface area contributed by atoms with Crippen LogP contribution in [-0.4, -0.2) is 16.1 Å². The highest BCUT2D eigenvalue weighted by Gasteiger charge is 2.21. The lowest BCUT2D eigenvalue weighted by atomic mass is 9.97. The van der Waals surface area contributed by atoms with Crippen molar-refractivity contribution in [1.29, 1.82) is 5.26 Å². The SMILES string of the molecule is N#Cc1c(-c2ccccc2)nc2ccc(Br)cc2c1C(=O)O. The van der Waals surface area contributed by atoms with Crippen LogP contribution in [0.1, 0.15) is 15.9 Å². The van der Waals surface area contributed by atoms with Gasteiger partial charge in [-0.2, -0.15) is 5.26 Å². The van der Waals surface area contributed by atoms with Crippen LogP contribution in [0.2, 0.25) is 0 Å². The van der Waals surface area contributed by atoms with E-state index in [0.29, 0.717) is 22.2 Å². The normalized spacial score (nSPS) is 10.4. The van der Waals surface area contributed by atoms with E-state index in [1.165, 1.54) is 0 Å². The van der Waals surface area contributed by atoms with Crippen LogP contribution in [0.4, 0.5) is 0 Å². The molecule has 106 valence electrons. The van der Waals surface area contributed by atoms with Crippen LogP contribution in [0, 0.1) is 11.3 Å². The second kappa shape index (κ2) is 5.58. The Bertz CT molecular complexity index is 931. The largest absolute Gasteiger partial charge is 0.478 e. The molecule has 0 aliphatic heterocycles. The van der Waals surface area contributed by atoms with Crippen molar-refractivity contribution in [3.05, 3.63) is 64.1 Å². The van der Waals surface area contributed by atoms with E-state index in [1.807, 2.05) is 24.3 Å². The predicted octanol–water partition coefficient (Wildman–Crippen LogP) is 4.23. The van der Waals surface area contributed by atoms with E-state index < -0.39 is 5.97 Å². The number of halogens is 1. The first-order valence-electron chi connectivity index (χ1n) is 6.44. The molecule has 4 nitrogen and oxygen atoms in total. The molecule has 0 spiro atoms. The predicted molar refractivity (Wildman–Crippen MR) is 86.6 cm³/mol. The Morgan fingerprint density at radius 1 is 1.18 bits per heavy atom. The molecule has 0 aliphatic carbocycles. The lowest BCUT2D eigenvalue weighted by molar-refractivity contribution is 0.0698. The molecule has 0 bridgehead atoms. The molecule has 0 saturated heterocycles. The maximum atomic E-state index is 11.7. The molecule has 0 saturated carbocycles. The fraction of sp³-hybridized carbons (Fsp3) is 0. The number of hydrogen-bond donors (Lipinski definition) is 1. The number of fused-ring (bicyclic) bond motifs is 1. The van der Waals surface area contributed by atoms with E-state index in [-0.39, 0.29) is 11.1 Å². The highest BCUT2D eigenvalue weighted by Crippen LogP contribution is 2.31. The van der Waals surface area contributed by atoms with E-state index in [1.54, 1.807) is 30.3 Å². The molecule has 1 heterocycles. The van der Waals surface area contributed by atoms with Crippen molar-refractivity contribution in [2.75, 3.05) is 0 Å². The monoisotopic (exact) mass is 352 g/mol. The van der Waals surface area contributed by atoms with Gasteiger partial charge < -0.3 is 5.11 Å². The smallest absolute Gasteiger partial charge is 0.337 e. The van der Waals surface area contributed by atoms with Gasteiger partial charge in [0.25, 0.3) is 0 Å². The number of pyridine rings is 1. The second-order valence-corrected chi connectivity index (χ2v) is 5.57. The molecule has 1 aromatic heterocycles. The second-order valence-electron chi connectivity index (χ2n) is 4.65. The fourth-order valence-corrected chi connectivity index (χ4v) is 2.73. The number of hydrogen-bond acceptors (Lipinski definition) is 3. The van der Waals surface area contributed by atoms with Crippen molar-refractivity contribution in [3.63, 3.8) is 0 Å².